The number of pyridine rings is 1. The molecule has 0 bridgehead atoms. The maximum Gasteiger partial charge on any atom is 0.407 e. The van der Waals surface area contributed by atoms with Gasteiger partial charge in [-0.05, 0) is 68.4 Å². The molecule has 12 nitrogen and oxygen atoms in total. The lowest BCUT2D eigenvalue weighted by Gasteiger charge is -2.31. The van der Waals surface area contributed by atoms with Crippen LogP contribution in [0.5, 0.6) is 11.6 Å². The van der Waals surface area contributed by atoms with Crippen molar-refractivity contribution in [3.63, 3.8) is 0 Å². The van der Waals surface area contributed by atoms with Crippen molar-refractivity contribution in [2.75, 3.05) is 42.1 Å². The summed E-state index contributed by atoms with van der Waals surface area (Å²) in [5.41, 5.74) is 2.57. The lowest BCUT2D eigenvalue weighted by Crippen LogP contribution is -2.44. The maximum atomic E-state index is 13.1. The smallest absolute Gasteiger partial charge is 0.407 e. The average molecular weight is 633 g/mol. The van der Waals surface area contributed by atoms with E-state index >= 15 is 0 Å². The standard InChI is InChI=1S/C32H36N6O6S/c1-21-9-10-24-25(6-2-8-28(24)37-45(41,42)20-22-12-17-43-18-13-22)29(21)44-30-26(7-3-14-33-30)27-11-15-34-31(36-27)35-23-5-4-16-38(19-23)32(39)40/h2-3,6-11,14-15,22-23,37H,4-5,12-13,16-20H2,1H3,(H,39,40)(H,34,35,36)/t23-/m0/s1. The SMILES string of the molecule is Cc1ccc2c(NS(=O)(=O)CC3CCOCC3)cccc2c1Oc1ncccc1-c1ccnc(N[C@H]2CCCN(C(=O)O)C2)n1. The van der Waals surface area contributed by atoms with Crippen LogP contribution in [0.2, 0.25) is 0 Å². The molecule has 6 rings (SSSR count). The molecule has 236 valence electrons. The predicted octanol–water partition coefficient (Wildman–Crippen LogP) is 5.52. The van der Waals surface area contributed by atoms with Crippen LogP contribution in [0.1, 0.15) is 31.2 Å². The van der Waals surface area contributed by atoms with Crippen LogP contribution in [-0.4, -0.2) is 77.6 Å². The highest BCUT2D eigenvalue weighted by Crippen LogP contribution is 2.39. The molecule has 2 saturated heterocycles. The van der Waals surface area contributed by atoms with Gasteiger partial charge >= 0.3 is 6.09 Å². The first-order valence-corrected chi connectivity index (χ1v) is 16.7. The number of hydrogen-bond acceptors (Lipinski definition) is 9. The van der Waals surface area contributed by atoms with E-state index in [0.29, 0.717) is 66.2 Å². The fourth-order valence-electron chi connectivity index (χ4n) is 5.89. The van der Waals surface area contributed by atoms with Crippen molar-refractivity contribution in [2.24, 2.45) is 5.92 Å². The Morgan fingerprint density at radius 3 is 2.71 bits per heavy atom. The summed E-state index contributed by atoms with van der Waals surface area (Å²) < 4.78 is 40.9. The van der Waals surface area contributed by atoms with E-state index < -0.39 is 16.1 Å². The lowest BCUT2D eigenvalue weighted by atomic mass is 10.0. The number of piperidine rings is 1. The molecule has 0 unspecified atom stereocenters. The molecule has 3 N–H and O–H groups in total. The van der Waals surface area contributed by atoms with Crippen molar-refractivity contribution >= 4 is 38.5 Å². The van der Waals surface area contributed by atoms with E-state index in [1.807, 2.05) is 31.2 Å². The Labute approximate surface area is 261 Å². The van der Waals surface area contributed by atoms with Crippen molar-refractivity contribution in [1.29, 1.82) is 0 Å². The third-order valence-electron chi connectivity index (χ3n) is 8.20. The number of sulfonamides is 1. The van der Waals surface area contributed by atoms with Crippen molar-refractivity contribution in [1.82, 2.24) is 19.9 Å². The van der Waals surface area contributed by atoms with Crippen LogP contribution in [0.4, 0.5) is 16.4 Å². The first kappa shape index (κ1) is 30.5. The zero-order valence-corrected chi connectivity index (χ0v) is 25.8. The van der Waals surface area contributed by atoms with Crippen LogP contribution in [0.15, 0.2) is 60.9 Å². The number of nitrogens with one attached hydrogen (secondary N) is 2. The van der Waals surface area contributed by atoms with Crippen LogP contribution in [-0.2, 0) is 14.8 Å². The van der Waals surface area contributed by atoms with E-state index in [0.717, 1.165) is 36.6 Å². The first-order valence-electron chi connectivity index (χ1n) is 15.1. The van der Waals surface area contributed by atoms with Crippen LogP contribution < -0.4 is 14.8 Å². The predicted molar refractivity (Wildman–Crippen MR) is 171 cm³/mol. The largest absolute Gasteiger partial charge is 0.465 e. The van der Waals surface area contributed by atoms with Gasteiger partial charge in [-0.25, -0.2) is 28.2 Å². The normalized spacial score (nSPS) is 17.6. The minimum absolute atomic E-state index is 0.0492. The van der Waals surface area contributed by atoms with E-state index in [1.165, 1.54) is 4.90 Å². The number of carboxylic acid groups (broad SMARTS) is 1. The number of carbonyl (C=O) groups is 1. The second kappa shape index (κ2) is 13.2. The van der Waals surface area contributed by atoms with Crippen molar-refractivity contribution < 1.29 is 27.8 Å². The molecule has 13 heteroatoms. The van der Waals surface area contributed by atoms with Gasteiger partial charge in [0.25, 0.3) is 0 Å². The molecule has 0 aliphatic carbocycles. The van der Waals surface area contributed by atoms with Gasteiger partial charge in [0.2, 0.25) is 21.9 Å². The fourth-order valence-corrected chi connectivity index (χ4v) is 7.44. The Kier molecular flexibility index (Phi) is 8.99. The molecule has 2 aliphatic rings. The van der Waals surface area contributed by atoms with E-state index in [9.17, 15) is 18.3 Å². The number of ether oxygens (including phenoxy) is 2. The highest BCUT2D eigenvalue weighted by atomic mass is 32.2. The monoisotopic (exact) mass is 632 g/mol. The highest BCUT2D eigenvalue weighted by molar-refractivity contribution is 7.92. The topological polar surface area (TPSA) is 156 Å². The minimum atomic E-state index is -3.58. The summed E-state index contributed by atoms with van der Waals surface area (Å²) >= 11 is 0. The van der Waals surface area contributed by atoms with Crippen LogP contribution in [0, 0.1) is 12.8 Å². The van der Waals surface area contributed by atoms with E-state index in [2.05, 4.69) is 20.0 Å². The molecule has 0 spiro atoms. The highest BCUT2D eigenvalue weighted by Gasteiger charge is 2.25. The summed E-state index contributed by atoms with van der Waals surface area (Å²) in [6, 6.07) is 14.6. The Hall–Kier alpha value is -4.49. The van der Waals surface area contributed by atoms with Gasteiger partial charge < -0.3 is 24.8 Å². The molecular weight excluding hydrogens is 596 g/mol. The number of benzene rings is 2. The molecule has 0 radical (unpaired) electrons. The fraction of sp³-hybridized carbons (Fsp3) is 0.375. The zero-order chi connectivity index (χ0) is 31.4. The summed E-state index contributed by atoms with van der Waals surface area (Å²) in [5, 5.41) is 14.1. The van der Waals surface area contributed by atoms with Gasteiger partial charge in [0.05, 0.1) is 22.7 Å². The molecule has 2 aromatic carbocycles. The number of hydrogen-bond donors (Lipinski definition) is 3. The van der Waals surface area contributed by atoms with Gasteiger partial charge in [-0.1, -0.05) is 24.3 Å². The average Bonchev–Trinajstić information content (AvgIpc) is 3.03. The molecule has 4 heterocycles. The summed E-state index contributed by atoms with van der Waals surface area (Å²) in [6.45, 7) is 3.97. The van der Waals surface area contributed by atoms with Gasteiger partial charge in [0.15, 0.2) is 0 Å². The molecule has 1 amide bonds. The molecule has 2 aromatic heterocycles. The molecule has 0 saturated carbocycles. The minimum Gasteiger partial charge on any atom is -0.465 e. The Balaban J connectivity index is 1.26. The molecule has 2 aliphatic heterocycles. The van der Waals surface area contributed by atoms with E-state index in [1.54, 1.807) is 36.7 Å². The molecule has 1 atom stereocenters. The van der Waals surface area contributed by atoms with E-state index in [-0.39, 0.29) is 17.7 Å². The summed E-state index contributed by atoms with van der Waals surface area (Å²) in [6.07, 6.45) is 5.37. The molecular formula is C32H36N6O6S. The van der Waals surface area contributed by atoms with Crippen molar-refractivity contribution in [3.8, 4) is 22.9 Å². The summed E-state index contributed by atoms with van der Waals surface area (Å²) in [7, 11) is -3.58. The first-order chi connectivity index (χ1) is 21.8. The van der Waals surface area contributed by atoms with Crippen molar-refractivity contribution in [2.45, 2.75) is 38.6 Å². The lowest BCUT2D eigenvalue weighted by molar-refractivity contribution is 0.0724. The molecule has 45 heavy (non-hydrogen) atoms. The third kappa shape index (κ3) is 7.26. The quantitative estimate of drug-likeness (QED) is 0.215. The van der Waals surface area contributed by atoms with Crippen LogP contribution in [0.25, 0.3) is 22.0 Å². The second-order valence-corrected chi connectivity index (χ2v) is 13.3. The zero-order valence-electron chi connectivity index (χ0n) is 25.0. The van der Waals surface area contributed by atoms with Gasteiger partial charge in [-0.3, -0.25) is 4.72 Å². The number of anilines is 2. The van der Waals surface area contributed by atoms with Crippen LogP contribution in [0.3, 0.4) is 0 Å². The Morgan fingerprint density at radius 1 is 1.04 bits per heavy atom. The molecule has 4 aromatic rings. The number of nitrogens with zero attached hydrogens (tertiary/aromatic N) is 4. The summed E-state index contributed by atoms with van der Waals surface area (Å²) in [5.74, 6) is 1.39. The van der Waals surface area contributed by atoms with Crippen molar-refractivity contribution in [3.05, 3.63) is 66.5 Å². The van der Waals surface area contributed by atoms with Gasteiger partial charge in [-0.15, -0.1) is 0 Å². The van der Waals surface area contributed by atoms with E-state index in [4.69, 9.17) is 14.5 Å². The number of fused-ring (bicyclic) bond motifs is 1. The van der Waals surface area contributed by atoms with Crippen LogP contribution >= 0.6 is 0 Å². The maximum absolute atomic E-state index is 13.1. The number of aromatic nitrogens is 3. The van der Waals surface area contributed by atoms with Gasteiger partial charge in [0.1, 0.15) is 5.75 Å². The summed E-state index contributed by atoms with van der Waals surface area (Å²) in [4.78, 5) is 26.4. The second-order valence-electron chi connectivity index (χ2n) is 11.5. The van der Waals surface area contributed by atoms with Gasteiger partial charge in [0, 0.05) is 55.5 Å². The molecule has 2 fully saturated rings. The Morgan fingerprint density at radius 2 is 1.89 bits per heavy atom. The number of aryl methyl sites for hydroxylation is 1. The number of amides is 1. The number of likely N-dealkylation sites (tertiary alicyclic amines) is 1. The van der Waals surface area contributed by atoms with Gasteiger partial charge in [-0.2, -0.15) is 0 Å². The Bertz CT molecular complexity index is 1800. The number of rotatable bonds is 9. The third-order valence-corrected chi connectivity index (χ3v) is 9.64.